The van der Waals surface area contributed by atoms with Crippen LogP contribution in [0.15, 0.2) is 73.8 Å². The molecule has 0 aliphatic carbocycles. The number of hydrogen-bond donors (Lipinski definition) is 1. The maximum atomic E-state index is 12.6. The topological polar surface area (TPSA) is 94.1 Å². The number of thiophene rings is 1. The summed E-state index contributed by atoms with van der Waals surface area (Å²) >= 11 is 4.34. The average molecular weight is 509 g/mol. The van der Waals surface area contributed by atoms with Crippen molar-refractivity contribution in [3.8, 4) is 16.9 Å². The Kier molecular flexibility index (Phi) is 7.24. The number of nitrogens with zero attached hydrogens (tertiary/aromatic N) is 1. The van der Waals surface area contributed by atoms with Gasteiger partial charge in [-0.3, -0.25) is 4.79 Å². The third kappa shape index (κ3) is 5.68. The molecule has 0 unspecified atom stereocenters. The Bertz CT molecular complexity index is 1160. The molecule has 1 amide bonds. The fraction of sp³-hybridized carbons (Fsp3) is 0.100. The van der Waals surface area contributed by atoms with Crippen molar-refractivity contribution in [3.63, 3.8) is 0 Å². The predicted octanol–water partition coefficient (Wildman–Crippen LogP) is 4.19. The highest BCUT2D eigenvalue weighted by molar-refractivity contribution is 9.11. The van der Waals surface area contributed by atoms with Crippen molar-refractivity contribution in [1.29, 1.82) is 0 Å². The average Bonchev–Trinajstić information content (AvgIpc) is 3.15. The first-order valence-corrected chi connectivity index (χ1v) is 11.6. The van der Waals surface area contributed by atoms with Crippen molar-refractivity contribution in [2.45, 2.75) is 10.6 Å². The van der Waals surface area contributed by atoms with Crippen LogP contribution in [0.1, 0.15) is 5.56 Å². The normalized spacial score (nSPS) is 11.4. The summed E-state index contributed by atoms with van der Waals surface area (Å²) in [4.78, 5) is 12.0. The van der Waals surface area contributed by atoms with Crippen molar-refractivity contribution in [1.82, 2.24) is 5.43 Å². The number of hydrogen-bond acceptors (Lipinski definition) is 7. The van der Waals surface area contributed by atoms with E-state index >= 15 is 0 Å². The largest absolute Gasteiger partial charge is 0.497 e. The first-order chi connectivity index (χ1) is 14.4. The van der Waals surface area contributed by atoms with Gasteiger partial charge in [0.15, 0.2) is 4.21 Å². The summed E-state index contributed by atoms with van der Waals surface area (Å²) < 4.78 is 35.8. The minimum absolute atomic E-state index is 0.0368. The van der Waals surface area contributed by atoms with E-state index in [4.69, 9.17) is 8.92 Å². The number of halogens is 1. The van der Waals surface area contributed by atoms with E-state index in [9.17, 15) is 13.2 Å². The highest BCUT2D eigenvalue weighted by atomic mass is 79.9. The molecule has 0 fully saturated rings. The lowest BCUT2D eigenvalue weighted by molar-refractivity contribution is -0.120. The van der Waals surface area contributed by atoms with Gasteiger partial charge in [-0.1, -0.05) is 42.5 Å². The zero-order chi connectivity index (χ0) is 21.6. The van der Waals surface area contributed by atoms with E-state index in [-0.39, 0.29) is 10.6 Å². The number of rotatable bonds is 8. The molecule has 0 spiro atoms. The van der Waals surface area contributed by atoms with Crippen LogP contribution in [0.5, 0.6) is 5.75 Å². The van der Waals surface area contributed by atoms with Gasteiger partial charge in [-0.05, 0) is 45.3 Å². The molecule has 10 heteroatoms. The van der Waals surface area contributed by atoms with E-state index in [2.05, 4.69) is 26.5 Å². The Morgan fingerprint density at radius 2 is 1.93 bits per heavy atom. The highest BCUT2D eigenvalue weighted by Crippen LogP contribution is 2.38. The maximum Gasteiger partial charge on any atom is 0.350 e. The zero-order valence-electron chi connectivity index (χ0n) is 15.7. The number of carbonyl (C=O) groups is 1. The first kappa shape index (κ1) is 22.0. The molecule has 2 aromatic carbocycles. The SMILES string of the molecule is COc1cccc(CC(=O)NN=COS(=O)(=O)c2sc(Br)cc2-c2ccccc2)c1. The van der Waals surface area contributed by atoms with E-state index in [1.165, 1.54) is 7.11 Å². The van der Waals surface area contributed by atoms with Gasteiger partial charge in [-0.25, -0.2) is 5.43 Å². The van der Waals surface area contributed by atoms with Gasteiger partial charge in [0, 0.05) is 5.56 Å². The number of benzene rings is 2. The number of methoxy groups -OCH3 is 1. The van der Waals surface area contributed by atoms with E-state index < -0.39 is 16.0 Å². The maximum absolute atomic E-state index is 12.6. The number of amides is 1. The predicted molar refractivity (Wildman–Crippen MR) is 119 cm³/mol. The van der Waals surface area contributed by atoms with Gasteiger partial charge in [0.2, 0.25) is 12.3 Å². The Morgan fingerprint density at radius 1 is 1.17 bits per heavy atom. The number of nitrogens with one attached hydrogen (secondary N) is 1. The van der Waals surface area contributed by atoms with Crippen LogP contribution in [0.2, 0.25) is 0 Å². The van der Waals surface area contributed by atoms with Gasteiger partial charge in [0.05, 0.1) is 17.3 Å². The summed E-state index contributed by atoms with van der Waals surface area (Å²) in [6.07, 6.45) is 0.749. The molecule has 0 aliphatic rings. The van der Waals surface area contributed by atoms with Crippen LogP contribution in [0.25, 0.3) is 11.1 Å². The molecule has 3 rings (SSSR count). The van der Waals surface area contributed by atoms with Gasteiger partial charge in [-0.2, -0.15) is 8.42 Å². The molecule has 0 radical (unpaired) electrons. The third-order valence-electron chi connectivity index (χ3n) is 3.89. The highest BCUT2D eigenvalue weighted by Gasteiger charge is 2.24. The second-order valence-corrected chi connectivity index (χ2v) is 10.2. The summed E-state index contributed by atoms with van der Waals surface area (Å²) in [5, 5.41) is 3.57. The van der Waals surface area contributed by atoms with Gasteiger partial charge >= 0.3 is 10.1 Å². The van der Waals surface area contributed by atoms with Crippen LogP contribution in [-0.2, 0) is 25.5 Å². The minimum atomic E-state index is -4.11. The monoisotopic (exact) mass is 508 g/mol. The van der Waals surface area contributed by atoms with E-state index in [0.717, 1.165) is 22.5 Å². The van der Waals surface area contributed by atoms with Crippen LogP contribution < -0.4 is 10.2 Å². The molecule has 0 bridgehead atoms. The summed E-state index contributed by atoms with van der Waals surface area (Å²) in [7, 11) is -2.57. The smallest absolute Gasteiger partial charge is 0.350 e. The molecule has 7 nitrogen and oxygen atoms in total. The third-order valence-corrected chi connectivity index (χ3v) is 7.20. The second-order valence-electron chi connectivity index (χ2n) is 5.97. The Hall–Kier alpha value is -2.69. The number of hydrazone groups is 1. The number of ether oxygens (including phenoxy) is 1. The molecule has 156 valence electrons. The van der Waals surface area contributed by atoms with Crippen molar-refractivity contribution < 1.29 is 22.1 Å². The molecule has 1 heterocycles. The molecule has 0 aliphatic heterocycles. The summed E-state index contributed by atoms with van der Waals surface area (Å²) in [5.41, 5.74) is 4.22. The molecule has 0 saturated heterocycles. The minimum Gasteiger partial charge on any atom is -0.497 e. The fourth-order valence-electron chi connectivity index (χ4n) is 2.58. The van der Waals surface area contributed by atoms with Crippen LogP contribution in [0.3, 0.4) is 0 Å². The van der Waals surface area contributed by atoms with Crippen molar-refractivity contribution in [2.24, 2.45) is 5.10 Å². The van der Waals surface area contributed by atoms with Crippen LogP contribution in [0.4, 0.5) is 0 Å². The van der Waals surface area contributed by atoms with Gasteiger partial charge in [0.25, 0.3) is 0 Å². The zero-order valence-corrected chi connectivity index (χ0v) is 19.0. The Morgan fingerprint density at radius 3 is 2.67 bits per heavy atom. The lowest BCUT2D eigenvalue weighted by atomic mass is 10.1. The van der Waals surface area contributed by atoms with Crippen molar-refractivity contribution in [3.05, 3.63) is 70.0 Å². The van der Waals surface area contributed by atoms with Crippen LogP contribution >= 0.6 is 27.3 Å². The van der Waals surface area contributed by atoms with Gasteiger partial charge < -0.3 is 8.92 Å². The van der Waals surface area contributed by atoms with Crippen LogP contribution in [0, 0.1) is 0 Å². The second kappa shape index (κ2) is 9.88. The molecule has 0 saturated carbocycles. The Balaban J connectivity index is 1.64. The standard InChI is InChI=1S/C20H17BrN2O5S2/c1-27-16-9-5-6-14(10-16)11-19(24)23-22-13-28-30(25,26)20-17(12-18(21)29-20)15-7-3-2-4-8-15/h2-10,12-13H,11H2,1H3,(H,23,24). The van der Waals surface area contributed by atoms with E-state index in [0.29, 0.717) is 21.5 Å². The number of carbonyl (C=O) groups excluding carboxylic acids is 1. The lowest BCUT2D eigenvalue weighted by Crippen LogP contribution is -2.20. The quantitative estimate of drug-likeness (QED) is 0.213. The Labute approximate surface area is 186 Å². The summed E-state index contributed by atoms with van der Waals surface area (Å²) in [6.45, 7) is 0. The molecular formula is C20H17BrN2O5S2. The van der Waals surface area contributed by atoms with E-state index in [1.54, 1.807) is 42.5 Å². The molecular weight excluding hydrogens is 492 g/mol. The molecule has 1 N–H and O–H groups in total. The fourth-order valence-corrected chi connectivity index (χ4v) is 5.74. The van der Waals surface area contributed by atoms with Crippen molar-refractivity contribution in [2.75, 3.05) is 7.11 Å². The van der Waals surface area contributed by atoms with Crippen LogP contribution in [-0.4, -0.2) is 27.8 Å². The first-order valence-electron chi connectivity index (χ1n) is 8.60. The molecule has 3 aromatic rings. The molecule has 1 aromatic heterocycles. The molecule has 0 atom stereocenters. The van der Waals surface area contributed by atoms with Gasteiger partial charge in [0.1, 0.15) is 5.75 Å². The molecule has 30 heavy (non-hydrogen) atoms. The lowest BCUT2D eigenvalue weighted by Gasteiger charge is -2.05. The summed E-state index contributed by atoms with van der Waals surface area (Å²) in [5.74, 6) is 0.207. The van der Waals surface area contributed by atoms with Gasteiger partial charge in [-0.15, -0.1) is 16.4 Å². The summed E-state index contributed by atoms with van der Waals surface area (Å²) in [6, 6.07) is 17.8. The van der Waals surface area contributed by atoms with E-state index in [1.807, 2.05) is 18.2 Å². The van der Waals surface area contributed by atoms with Crippen molar-refractivity contribution >= 4 is 49.7 Å².